The third kappa shape index (κ3) is 74.3. The number of carbonyl (C=O) groups excluding carboxylic acids is 4. The number of esters is 4. The minimum Gasteiger partial charge on any atom is -0.462 e. The van der Waals surface area contributed by atoms with E-state index in [-0.39, 0.29) is 25.7 Å². The van der Waals surface area contributed by atoms with Gasteiger partial charge in [0.2, 0.25) is 0 Å². The maximum atomic E-state index is 13.1. The standard InChI is InChI=1S/C81H158O17P2/c1-7-9-11-13-15-17-19-21-22-28-32-35-39-45-51-57-63-78(83)91-69-76(97-81(86)66-60-54-47-41-37-33-29-26-24-23-25-27-31-34-38-43-49-55-61-73(3)4)71-95-99(87,88)93-67-75(82)68-94-100(89,90)96-72-77(70-92-79(84)64-58-52-48-42-44-50-56-62-74(5)6)98-80(85)65-59-53-46-40-36-30-20-18-16-14-12-10-8-2/h73-77,82H,7-72H2,1-6H3,(H,87,88)(H,89,90)/t75-,76-,77-/m1/s1. The number of phosphoric acid groups is 2. The third-order valence-electron chi connectivity index (χ3n) is 19.0. The van der Waals surface area contributed by atoms with Gasteiger partial charge >= 0.3 is 39.5 Å². The number of aliphatic hydroxyl groups is 1. The van der Waals surface area contributed by atoms with E-state index in [9.17, 15) is 43.2 Å². The zero-order valence-corrected chi connectivity index (χ0v) is 67.3. The molecule has 100 heavy (non-hydrogen) atoms. The lowest BCUT2D eigenvalue weighted by molar-refractivity contribution is -0.161. The van der Waals surface area contributed by atoms with Crippen LogP contribution in [0.5, 0.6) is 0 Å². The molecule has 0 radical (unpaired) electrons. The first-order valence-electron chi connectivity index (χ1n) is 42.0. The number of hydrogen-bond donors (Lipinski definition) is 3. The molecule has 0 aliphatic carbocycles. The second kappa shape index (κ2) is 72.6. The van der Waals surface area contributed by atoms with Gasteiger partial charge in [-0.1, -0.05) is 375 Å². The van der Waals surface area contributed by atoms with Gasteiger partial charge in [0, 0.05) is 25.7 Å². The molecule has 594 valence electrons. The third-order valence-corrected chi connectivity index (χ3v) is 20.9. The molecule has 0 spiro atoms. The molecular weight excluding hydrogens is 1310 g/mol. The van der Waals surface area contributed by atoms with Crippen molar-refractivity contribution >= 4 is 39.5 Å². The predicted octanol–water partition coefficient (Wildman–Crippen LogP) is 24.3. The first-order chi connectivity index (χ1) is 48.4. The summed E-state index contributed by atoms with van der Waals surface area (Å²) in [6.07, 6.45) is 62.5. The smallest absolute Gasteiger partial charge is 0.462 e. The molecule has 0 saturated heterocycles. The van der Waals surface area contributed by atoms with E-state index in [0.717, 1.165) is 102 Å². The van der Waals surface area contributed by atoms with Gasteiger partial charge in [-0.05, 0) is 37.5 Å². The molecule has 0 amide bonds. The Morgan fingerprint density at radius 1 is 0.270 bits per heavy atom. The molecule has 0 fully saturated rings. The fourth-order valence-electron chi connectivity index (χ4n) is 12.5. The minimum atomic E-state index is -4.96. The highest BCUT2D eigenvalue weighted by atomic mass is 31.2. The van der Waals surface area contributed by atoms with Crippen molar-refractivity contribution < 1.29 is 80.2 Å². The SMILES string of the molecule is CCCCCCCCCCCCCCCCCCC(=O)OC[C@H](COP(=O)(O)OC[C@@H](O)COP(=O)(O)OC[C@@H](COC(=O)CCCCCCCCCC(C)C)OC(=O)CCCCCCCCCCCCCCC)OC(=O)CCCCCCCCCCCCCCCCCCCCC(C)C. The fourth-order valence-corrected chi connectivity index (χ4v) is 14.1. The zero-order valence-electron chi connectivity index (χ0n) is 65.5. The largest absolute Gasteiger partial charge is 0.472 e. The monoisotopic (exact) mass is 1470 g/mol. The lowest BCUT2D eigenvalue weighted by atomic mass is 10.0. The van der Waals surface area contributed by atoms with Crippen molar-refractivity contribution in [2.24, 2.45) is 11.8 Å². The van der Waals surface area contributed by atoms with Crippen molar-refractivity contribution in [2.45, 2.75) is 445 Å². The molecule has 0 rings (SSSR count). The number of rotatable bonds is 80. The van der Waals surface area contributed by atoms with Crippen molar-refractivity contribution in [2.75, 3.05) is 39.6 Å². The van der Waals surface area contributed by atoms with Gasteiger partial charge in [0.25, 0.3) is 0 Å². The number of ether oxygens (including phenoxy) is 4. The Morgan fingerprint density at radius 2 is 0.460 bits per heavy atom. The van der Waals surface area contributed by atoms with Crippen LogP contribution in [0.1, 0.15) is 427 Å². The zero-order chi connectivity index (χ0) is 73.5. The highest BCUT2D eigenvalue weighted by Gasteiger charge is 2.30. The quantitative estimate of drug-likeness (QED) is 0.0222. The maximum Gasteiger partial charge on any atom is 0.472 e. The number of phosphoric ester groups is 2. The molecule has 0 heterocycles. The van der Waals surface area contributed by atoms with Gasteiger partial charge in [-0.25, -0.2) is 9.13 Å². The highest BCUT2D eigenvalue weighted by molar-refractivity contribution is 7.47. The first kappa shape index (κ1) is 98.1. The van der Waals surface area contributed by atoms with Crippen molar-refractivity contribution in [1.82, 2.24) is 0 Å². The summed E-state index contributed by atoms with van der Waals surface area (Å²) in [5.74, 6) is -0.583. The molecule has 19 heteroatoms. The summed E-state index contributed by atoms with van der Waals surface area (Å²) >= 11 is 0. The van der Waals surface area contributed by atoms with Gasteiger partial charge in [0.05, 0.1) is 26.4 Å². The van der Waals surface area contributed by atoms with Crippen LogP contribution in [0, 0.1) is 11.8 Å². The van der Waals surface area contributed by atoms with Crippen LogP contribution < -0.4 is 0 Å². The number of unbranched alkanes of at least 4 members (excludes halogenated alkanes) is 50. The summed E-state index contributed by atoms with van der Waals surface area (Å²) in [6.45, 7) is 9.62. The van der Waals surface area contributed by atoms with Crippen LogP contribution in [0.15, 0.2) is 0 Å². The van der Waals surface area contributed by atoms with E-state index in [2.05, 4.69) is 41.5 Å². The van der Waals surface area contributed by atoms with Crippen molar-refractivity contribution in [3.63, 3.8) is 0 Å². The molecule has 0 aromatic carbocycles. The molecule has 2 unspecified atom stereocenters. The topological polar surface area (TPSA) is 237 Å². The maximum absolute atomic E-state index is 13.1. The van der Waals surface area contributed by atoms with Crippen molar-refractivity contribution in [3.8, 4) is 0 Å². The van der Waals surface area contributed by atoms with Gasteiger partial charge in [-0.2, -0.15) is 0 Å². The summed E-state index contributed by atoms with van der Waals surface area (Å²) in [6, 6.07) is 0. The van der Waals surface area contributed by atoms with Gasteiger partial charge < -0.3 is 33.8 Å². The second-order valence-corrected chi connectivity index (χ2v) is 33.0. The van der Waals surface area contributed by atoms with Crippen LogP contribution in [0.2, 0.25) is 0 Å². The minimum absolute atomic E-state index is 0.107. The van der Waals surface area contributed by atoms with Crippen LogP contribution >= 0.6 is 15.6 Å². The average molecular weight is 1470 g/mol. The molecule has 0 saturated carbocycles. The van der Waals surface area contributed by atoms with Gasteiger partial charge in [-0.15, -0.1) is 0 Å². The van der Waals surface area contributed by atoms with Crippen LogP contribution in [0.25, 0.3) is 0 Å². The number of carbonyl (C=O) groups is 4. The number of hydrogen-bond acceptors (Lipinski definition) is 15. The summed E-state index contributed by atoms with van der Waals surface area (Å²) in [4.78, 5) is 73.0. The Kier molecular flexibility index (Phi) is 71.2. The Hall–Kier alpha value is -1.94. The molecule has 0 bridgehead atoms. The molecule has 5 atom stereocenters. The highest BCUT2D eigenvalue weighted by Crippen LogP contribution is 2.45. The van der Waals surface area contributed by atoms with Crippen LogP contribution in [0.3, 0.4) is 0 Å². The van der Waals surface area contributed by atoms with Crippen molar-refractivity contribution in [3.05, 3.63) is 0 Å². The Balaban J connectivity index is 5.22. The number of aliphatic hydroxyl groups excluding tert-OH is 1. The molecular formula is C81H158O17P2. The van der Waals surface area contributed by atoms with Crippen LogP contribution in [-0.4, -0.2) is 96.7 Å². The van der Waals surface area contributed by atoms with E-state index >= 15 is 0 Å². The van der Waals surface area contributed by atoms with E-state index in [1.54, 1.807) is 0 Å². The van der Waals surface area contributed by atoms with E-state index in [1.807, 2.05) is 0 Å². The Bertz CT molecular complexity index is 1920. The molecule has 3 N–H and O–H groups in total. The van der Waals surface area contributed by atoms with E-state index in [0.29, 0.717) is 31.6 Å². The fraction of sp³-hybridized carbons (Fsp3) is 0.951. The predicted molar refractivity (Wildman–Crippen MR) is 409 cm³/mol. The molecule has 0 aliphatic rings. The Morgan fingerprint density at radius 3 is 0.680 bits per heavy atom. The van der Waals surface area contributed by atoms with Crippen molar-refractivity contribution in [1.29, 1.82) is 0 Å². The van der Waals surface area contributed by atoms with E-state index in [1.165, 1.54) is 238 Å². The van der Waals surface area contributed by atoms with E-state index in [4.69, 9.17) is 37.0 Å². The first-order valence-corrected chi connectivity index (χ1v) is 45.0. The molecule has 0 aromatic heterocycles. The summed E-state index contributed by atoms with van der Waals surface area (Å²) in [7, 11) is -9.92. The van der Waals surface area contributed by atoms with Gasteiger partial charge in [0.15, 0.2) is 12.2 Å². The van der Waals surface area contributed by atoms with Gasteiger partial charge in [-0.3, -0.25) is 37.3 Å². The molecule has 0 aliphatic heterocycles. The van der Waals surface area contributed by atoms with Crippen LogP contribution in [0.4, 0.5) is 0 Å². The van der Waals surface area contributed by atoms with Gasteiger partial charge in [0.1, 0.15) is 19.3 Å². The lowest BCUT2D eigenvalue weighted by Gasteiger charge is -2.21. The lowest BCUT2D eigenvalue weighted by Crippen LogP contribution is -2.30. The Labute approximate surface area is 613 Å². The average Bonchev–Trinajstić information content (AvgIpc) is 0.917. The summed E-state index contributed by atoms with van der Waals surface area (Å²) in [5.41, 5.74) is 0. The molecule has 0 aromatic rings. The molecule has 17 nitrogen and oxygen atoms in total. The van der Waals surface area contributed by atoms with E-state index < -0.39 is 97.5 Å². The van der Waals surface area contributed by atoms with Crippen LogP contribution in [-0.2, 0) is 65.4 Å². The summed E-state index contributed by atoms with van der Waals surface area (Å²) < 4.78 is 68.7. The normalized spacial score (nSPS) is 13.9. The summed E-state index contributed by atoms with van der Waals surface area (Å²) in [5, 5.41) is 10.6. The second-order valence-electron chi connectivity index (χ2n) is 30.1.